The molecule has 0 saturated carbocycles. The number of hydrogen-bond donors (Lipinski definition) is 1. The molecule has 8 nitrogen and oxygen atoms in total. The number of carbonyl (C=O) groups is 3. The van der Waals surface area contributed by atoms with Crippen LogP contribution in [-0.2, 0) is 30.3 Å². The molecule has 0 atom stereocenters. The van der Waals surface area contributed by atoms with E-state index in [1.165, 1.54) is 14.2 Å². The summed E-state index contributed by atoms with van der Waals surface area (Å²) in [6.45, 7) is 3.37. The first-order valence-electron chi connectivity index (χ1n) is 7.80. The van der Waals surface area contributed by atoms with Crippen molar-refractivity contribution in [3.05, 3.63) is 23.8 Å². The van der Waals surface area contributed by atoms with Crippen LogP contribution >= 0.6 is 0 Å². The maximum absolute atomic E-state index is 12.2. The Labute approximate surface area is 146 Å². The Morgan fingerprint density at radius 2 is 1.52 bits per heavy atom. The van der Waals surface area contributed by atoms with Crippen molar-refractivity contribution >= 4 is 17.8 Å². The number of esters is 2. The first-order chi connectivity index (χ1) is 12.0. The van der Waals surface area contributed by atoms with Crippen molar-refractivity contribution in [3.8, 4) is 11.5 Å². The Hall–Kier alpha value is -2.77. The zero-order chi connectivity index (χ0) is 18.8. The average molecular weight is 353 g/mol. The van der Waals surface area contributed by atoms with Crippen LogP contribution in [0, 0.1) is 0 Å². The normalized spacial score (nSPS) is 10.1. The van der Waals surface area contributed by atoms with Gasteiger partial charge < -0.3 is 24.3 Å². The fourth-order valence-electron chi connectivity index (χ4n) is 2.05. The molecule has 0 spiro atoms. The molecule has 1 amide bonds. The van der Waals surface area contributed by atoms with Gasteiger partial charge in [-0.15, -0.1) is 0 Å². The average Bonchev–Trinajstić information content (AvgIpc) is 2.59. The first kappa shape index (κ1) is 20.3. The summed E-state index contributed by atoms with van der Waals surface area (Å²) >= 11 is 0. The van der Waals surface area contributed by atoms with Gasteiger partial charge in [0.25, 0.3) is 0 Å². The highest BCUT2D eigenvalue weighted by atomic mass is 16.6. The summed E-state index contributed by atoms with van der Waals surface area (Å²) in [5, 5.41) is 2.34. The van der Waals surface area contributed by atoms with Gasteiger partial charge in [0.15, 0.2) is 11.5 Å². The van der Waals surface area contributed by atoms with Crippen LogP contribution in [-0.4, -0.2) is 51.3 Å². The third kappa shape index (κ3) is 5.98. The molecule has 1 N–H and O–H groups in total. The number of nitrogens with one attached hydrogen (secondary N) is 1. The summed E-state index contributed by atoms with van der Waals surface area (Å²) in [6.07, 6.45) is -0.0599. The van der Waals surface area contributed by atoms with Crippen LogP contribution in [0.2, 0.25) is 0 Å². The van der Waals surface area contributed by atoms with Crippen LogP contribution < -0.4 is 14.8 Å². The van der Waals surface area contributed by atoms with Crippen molar-refractivity contribution in [1.82, 2.24) is 5.32 Å². The SMILES string of the molecule is CCOC(=O)C(NC(=O)Cc1ccc(OC)c(OC)c1)C(=O)OCC. The van der Waals surface area contributed by atoms with Gasteiger partial charge in [0.05, 0.1) is 33.9 Å². The Balaban J connectivity index is 2.83. The van der Waals surface area contributed by atoms with Gasteiger partial charge in [-0.2, -0.15) is 0 Å². The molecule has 1 aromatic carbocycles. The van der Waals surface area contributed by atoms with Crippen molar-refractivity contribution in [3.63, 3.8) is 0 Å². The molecule has 0 radical (unpaired) electrons. The second kappa shape index (κ2) is 10.2. The Bertz CT molecular complexity index is 597. The second-order valence-corrected chi connectivity index (χ2v) is 4.87. The van der Waals surface area contributed by atoms with E-state index in [2.05, 4.69) is 5.32 Å². The van der Waals surface area contributed by atoms with Crippen LogP contribution in [0.4, 0.5) is 0 Å². The van der Waals surface area contributed by atoms with Crippen LogP contribution in [0.5, 0.6) is 11.5 Å². The number of methoxy groups -OCH3 is 2. The van der Waals surface area contributed by atoms with E-state index in [-0.39, 0.29) is 19.6 Å². The molecular weight excluding hydrogens is 330 g/mol. The van der Waals surface area contributed by atoms with Gasteiger partial charge in [-0.25, -0.2) is 9.59 Å². The Morgan fingerprint density at radius 1 is 0.960 bits per heavy atom. The van der Waals surface area contributed by atoms with Crippen molar-refractivity contribution in [2.75, 3.05) is 27.4 Å². The lowest BCUT2D eigenvalue weighted by Gasteiger charge is -2.16. The van der Waals surface area contributed by atoms with Crippen molar-refractivity contribution in [1.29, 1.82) is 0 Å². The van der Waals surface area contributed by atoms with Gasteiger partial charge in [-0.1, -0.05) is 6.07 Å². The summed E-state index contributed by atoms with van der Waals surface area (Å²) < 4.78 is 19.9. The van der Waals surface area contributed by atoms with Gasteiger partial charge >= 0.3 is 11.9 Å². The van der Waals surface area contributed by atoms with Crippen LogP contribution in [0.25, 0.3) is 0 Å². The lowest BCUT2D eigenvalue weighted by atomic mass is 10.1. The van der Waals surface area contributed by atoms with E-state index < -0.39 is 23.9 Å². The highest BCUT2D eigenvalue weighted by Crippen LogP contribution is 2.27. The first-order valence-corrected chi connectivity index (χ1v) is 7.80. The van der Waals surface area contributed by atoms with Crippen LogP contribution in [0.1, 0.15) is 19.4 Å². The summed E-state index contributed by atoms with van der Waals surface area (Å²) in [5.74, 6) is -1.25. The number of hydrogen-bond acceptors (Lipinski definition) is 7. The second-order valence-electron chi connectivity index (χ2n) is 4.87. The molecule has 0 aliphatic carbocycles. The Kier molecular flexibility index (Phi) is 8.25. The minimum atomic E-state index is -1.49. The molecule has 138 valence electrons. The summed E-state index contributed by atoms with van der Waals surface area (Å²) in [6, 6.07) is 3.50. The zero-order valence-corrected chi connectivity index (χ0v) is 14.8. The van der Waals surface area contributed by atoms with Gasteiger partial charge in [-0.3, -0.25) is 4.79 Å². The van der Waals surface area contributed by atoms with Gasteiger partial charge in [0, 0.05) is 0 Å². The number of rotatable bonds is 9. The molecular formula is C17H23NO7. The number of carbonyl (C=O) groups excluding carboxylic acids is 3. The summed E-state index contributed by atoms with van der Waals surface area (Å²) in [7, 11) is 2.99. The van der Waals surface area contributed by atoms with Crippen LogP contribution in [0.3, 0.4) is 0 Å². The molecule has 1 rings (SSSR count). The number of ether oxygens (including phenoxy) is 4. The zero-order valence-electron chi connectivity index (χ0n) is 14.8. The standard InChI is InChI=1S/C17H23NO7/c1-5-24-16(20)15(17(21)25-6-2)18-14(19)10-11-7-8-12(22-3)13(9-11)23-4/h7-9,15H,5-6,10H2,1-4H3,(H,18,19). The molecule has 1 aromatic rings. The van der Waals surface area contributed by atoms with Crippen molar-refractivity contribution in [2.45, 2.75) is 26.3 Å². The smallest absolute Gasteiger partial charge is 0.340 e. The fraction of sp³-hybridized carbons (Fsp3) is 0.471. The van der Waals surface area contributed by atoms with E-state index in [4.69, 9.17) is 18.9 Å². The van der Waals surface area contributed by atoms with Crippen molar-refractivity contribution in [2.24, 2.45) is 0 Å². The fourth-order valence-corrected chi connectivity index (χ4v) is 2.05. The molecule has 0 heterocycles. The molecule has 0 aromatic heterocycles. The predicted octanol–water partition coefficient (Wildman–Crippen LogP) is 0.857. The highest BCUT2D eigenvalue weighted by molar-refractivity contribution is 6.02. The van der Waals surface area contributed by atoms with Gasteiger partial charge in [-0.05, 0) is 31.5 Å². The monoisotopic (exact) mass is 353 g/mol. The molecule has 0 aliphatic heterocycles. The predicted molar refractivity (Wildman–Crippen MR) is 88.4 cm³/mol. The Morgan fingerprint density at radius 3 is 2.00 bits per heavy atom. The molecule has 25 heavy (non-hydrogen) atoms. The largest absolute Gasteiger partial charge is 0.493 e. The van der Waals surface area contributed by atoms with Crippen molar-refractivity contribution < 1.29 is 33.3 Å². The molecule has 0 unspecified atom stereocenters. The maximum Gasteiger partial charge on any atom is 0.340 e. The number of amides is 1. The molecule has 8 heteroatoms. The van der Waals surface area contributed by atoms with E-state index in [9.17, 15) is 14.4 Å². The topological polar surface area (TPSA) is 100 Å². The van der Waals surface area contributed by atoms with E-state index in [0.29, 0.717) is 17.1 Å². The van der Waals surface area contributed by atoms with E-state index >= 15 is 0 Å². The molecule has 0 bridgehead atoms. The lowest BCUT2D eigenvalue weighted by molar-refractivity contribution is -0.159. The number of benzene rings is 1. The quantitative estimate of drug-likeness (QED) is 0.519. The molecule has 0 fully saturated rings. The van der Waals surface area contributed by atoms with Crippen LogP contribution in [0.15, 0.2) is 18.2 Å². The van der Waals surface area contributed by atoms with Gasteiger partial charge in [0.2, 0.25) is 11.9 Å². The van der Waals surface area contributed by atoms with E-state index in [1.54, 1.807) is 32.0 Å². The minimum absolute atomic E-state index is 0.0599. The highest BCUT2D eigenvalue weighted by Gasteiger charge is 2.31. The summed E-state index contributed by atoms with van der Waals surface area (Å²) in [5.41, 5.74) is 0.626. The molecule has 0 saturated heterocycles. The van der Waals surface area contributed by atoms with Gasteiger partial charge in [0.1, 0.15) is 0 Å². The molecule has 0 aliphatic rings. The van der Waals surface area contributed by atoms with E-state index in [0.717, 1.165) is 0 Å². The maximum atomic E-state index is 12.2. The van der Waals surface area contributed by atoms with E-state index in [1.807, 2.05) is 0 Å². The lowest BCUT2D eigenvalue weighted by Crippen LogP contribution is -2.48. The summed E-state index contributed by atoms with van der Waals surface area (Å²) in [4.78, 5) is 35.9. The third-order valence-electron chi connectivity index (χ3n) is 3.16. The minimum Gasteiger partial charge on any atom is -0.493 e. The third-order valence-corrected chi connectivity index (χ3v) is 3.16.